The Morgan fingerprint density at radius 3 is 2.11 bits per heavy atom. The molecule has 3 rings (SSSR count). The van der Waals surface area contributed by atoms with Crippen LogP contribution in [0.4, 0.5) is 10.5 Å². The number of aryl methyl sites for hydroxylation is 2. The molecule has 3 amide bonds. The quantitative estimate of drug-likeness (QED) is 0.729. The summed E-state index contributed by atoms with van der Waals surface area (Å²) in [6, 6.07) is 5.29. The number of rotatable bonds is 2. The van der Waals surface area contributed by atoms with Gasteiger partial charge in [-0.25, -0.2) is 9.69 Å². The Morgan fingerprint density at radius 1 is 1.00 bits per heavy atom. The number of ether oxygens (including phenoxy) is 1. The van der Waals surface area contributed by atoms with E-state index in [4.69, 9.17) is 4.74 Å². The molecule has 28 heavy (non-hydrogen) atoms. The van der Waals surface area contributed by atoms with E-state index in [1.165, 1.54) is 4.90 Å². The zero-order valence-electron chi connectivity index (χ0n) is 17.3. The highest BCUT2D eigenvalue weighted by atomic mass is 16.6. The molecule has 0 bridgehead atoms. The molecule has 2 saturated heterocycles. The van der Waals surface area contributed by atoms with Crippen LogP contribution in [-0.2, 0) is 14.3 Å². The molecule has 0 saturated carbocycles. The van der Waals surface area contributed by atoms with Crippen LogP contribution in [0.2, 0.25) is 0 Å². The molecule has 2 aliphatic heterocycles. The normalized spacial score (nSPS) is 21.4. The number of imide groups is 1. The lowest BCUT2D eigenvalue weighted by molar-refractivity contribution is -0.123. The molecule has 7 nitrogen and oxygen atoms in total. The fourth-order valence-corrected chi connectivity index (χ4v) is 3.79. The van der Waals surface area contributed by atoms with Crippen LogP contribution in [-0.4, -0.2) is 65.5 Å². The van der Waals surface area contributed by atoms with Crippen LogP contribution in [0.15, 0.2) is 18.2 Å². The summed E-state index contributed by atoms with van der Waals surface area (Å²) in [6.07, 6.45) is -0.157. The number of nitrogens with zero attached hydrogens (tertiary/aromatic N) is 3. The van der Waals surface area contributed by atoms with Crippen molar-refractivity contribution in [2.24, 2.45) is 0 Å². The first-order chi connectivity index (χ1) is 13.0. The van der Waals surface area contributed by atoms with Crippen LogP contribution < -0.4 is 4.90 Å². The molecule has 0 spiro atoms. The van der Waals surface area contributed by atoms with Gasteiger partial charge in [-0.3, -0.25) is 14.5 Å². The second-order valence-electron chi connectivity index (χ2n) is 8.64. The molecule has 0 unspecified atom stereocenters. The number of carbonyl (C=O) groups excluding carboxylic acids is 3. The van der Waals surface area contributed by atoms with E-state index in [1.54, 1.807) is 4.90 Å². The highest BCUT2D eigenvalue weighted by Gasteiger charge is 2.43. The Labute approximate surface area is 166 Å². The molecular weight excluding hydrogens is 358 g/mol. The summed E-state index contributed by atoms with van der Waals surface area (Å²) in [4.78, 5) is 42.8. The minimum atomic E-state index is -0.533. The molecule has 1 atom stereocenters. The smallest absolute Gasteiger partial charge is 0.410 e. The molecule has 2 heterocycles. The lowest BCUT2D eigenvalue weighted by Gasteiger charge is -2.37. The highest BCUT2D eigenvalue weighted by molar-refractivity contribution is 6.22. The van der Waals surface area contributed by atoms with E-state index < -0.39 is 11.6 Å². The number of hydrogen-bond acceptors (Lipinski definition) is 5. The van der Waals surface area contributed by atoms with E-state index in [0.29, 0.717) is 31.9 Å². The SMILES string of the molecule is Cc1cc(C)cc(N2C(=O)C[C@H](N3CCN(C(=O)OC(C)(C)C)CC3)C2=O)c1. The molecule has 7 heteroatoms. The maximum atomic E-state index is 13.0. The van der Waals surface area contributed by atoms with Crippen molar-refractivity contribution in [1.29, 1.82) is 0 Å². The summed E-state index contributed by atoms with van der Waals surface area (Å²) in [5.74, 6) is -0.352. The third kappa shape index (κ3) is 4.35. The van der Waals surface area contributed by atoms with E-state index in [9.17, 15) is 14.4 Å². The van der Waals surface area contributed by atoms with Gasteiger partial charge in [0.25, 0.3) is 5.91 Å². The van der Waals surface area contributed by atoms with Gasteiger partial charge < -0.3 is 9.64 Å². The van der Waals surface area contributed by atoms with Gasteiger partial charge in [0.05, 0.1) is 18.2 Å². The first-order valence-corrected chi connectivity index (χ1v) is 9.72. The summed E-state index contributed by atoms with van der Waals surface area (Å²) in [5, 5.41) is 0. The van der Waals surface area contributed by atoms with Crippen molar-refractivity contribution in [3.8, 4) is 0 Å². The average Bonchev–Trinajstić information content (AvgIpc) is 2.87. The van der Waals surface area contributed by atoms with Crippen LogP contribution in [0.5, 0.6) is 0 Å². The largest absolute Gasteiger partial charge is 0.444 e. The van der Waals surface area contributed by atoms with Gasteiger partial charge in [-0.1, -0.05) is 6.07 Å². The molecule has 0 radical (unpaired) electrons. The topological polar surface area (TPSA) is 70.2 Å². The summed E-state index contributed by atoms with van der Waals surface area (Å²) >= 11 is 0. The minimum absolute atomic E-state index is 0.172. The summed E-state index contributed by atoms with van der Waals surface area (Å²) in [7, 11) is 0. The van der Waals surface area contributed by atoms with E-state index in [0.717, 1.165) is 11.1 Å². The fraction of sp³-hybridized carbons (Fsp3) is 0.571. The number of benzene rings is 1. The van der Waals surface area contributed by atoms with E-state index in [-0.39, 0.29) is 24.3 Å². The number of anilines is 1. The number of hydrogen-bond donors (Lipinski definition) is 0. The first-order valence-electron chi connectivity index (χ1n) is 9.72. The predicted octanol–water partition coefficient (Wildman–Crippen LogP) is 2.49. The van der Waals surface area contributed by atoms with Gasteiger partial charge in [0.15, 0.2) is 0 Å². The standard InChI is InChI=1S/C21H29N3O4/c1-14-10-15(2)12-16(11-14)24-18(25)13-17(19(24)26)22-6-8-23(9-7-22)20(27)28-21(3,4)5/h10-12,17H,6-9,13H2,1-5H3/t17-/m0/s1. The molecule has 1 aromatic rings. The third-order valence-corrected chi connectivity index (χ3v) is 4.99. The maximum Gasteiger partial charge on any atom is 0.410 e. The van der Waals surface area contributed by atoms with Gasteiger partial charge in [0.2, 0.25) is 5.91 Å². The van der Waals surface area contributed by atoms with Gasteiger partial charge in [-0.05, 0) is 57.9 Å². The second-order valence-corrected chi connectivity index (χ2v) is 8.64. The van der Waals surface area contributed by atoms with Gasteiger partial charge >= 0.3 is 6.09 Å². The van der Waals surface area contributed by atoms with Crippen molar-refractivity contribution in [2.45, 2.75) is 52.7 Å². The monoisotopic (exact) mass is 387 g/mol. The molecule has 0 aliphatic carbocycles. The summed E-state index contributed by atoms with van der Waals surface area (Å²) in [6.45, 7) is 11.5. The van der Waals surface area contributed by atoms with Gasteiger partial charge in [0.1, 0.15) is 5.60 Å². The van der Waals surface area contributed by atoms with Crippen LogP contribution in [0.3, 0.4) is 0 Å². The predicted molar refractivity (Wildman–Crippen MR) is 106 cm³/mol. The molecule has 152 valence electrons. The molecule has 2 aliphatic rings. The lowest BCUT2D eigenvalue weighted by Crippen LogP contribution is -2.54. The van der Waals surface area contributed by atoms with Crippen LogP contribution >= 0.6 is 0 Å². The lowest BCUT2D eigenvalue weighted by atomic mass is 10.1. The fourth-order valence-electron chi connectivity index (χ4n) is 3.79. The van der Waals surface area contributed by atoms with Crippen LogP contribution in [0.1, 0.15) is 38.3 Å². The Balaban J connectivity index is 1.65. The van der Waals surface area contributed by atoms with Gasteiger partial charge in [0, 0.05) is 26.2 Å². The minimum Gasteiger partial charge on any atom is -0.444 e. The molecule has 0 N–H and O–H groups in total. The average molecular weight is 387 g/mol. The van der Waals surface area contributed by atoms with Crippen molar-refractivity contribution in [3.05, 3.63) is 29.3 Å². The second kappa shape index (κ2) is 7.54. The van der Waals surface area contributed by atoms with Gasteiger partial charge in [-0.15, -0.1) is 0 Å². The van der Waals surface area contributed by atoms with Crippen molar-refractivity contribution in [3.63, 3.8) is 0 Å². The Hall–Kier alpha value is -2.41. The molecular formula is C21H29N3O4. The van der Waals surface area contributed by atoms with Crippen molar-refractivity contribution >= 4 is 23.6 Å². The zero-order chi connectivity index (χ0) is 20.6. The Kier molecular flexibility index (Phi) is 5.48. The van der Waals surface area contributed by atoms with Crippen molar-refractivity contribution < 1.29 is 19.1 Å². The van der Waals surface area contributed by atoms with Crippen molar-refractivity contribution in [1.82, 2.24) is 9.80 Å². The number of amides is 3. The van der Waals surface area contributed by atoms with Crippen molar-refractivity contribution in [2.75, 3.05) is 31.1 Å². The Bertz CT molecular complexity index is 771. The van der Waals surface area contributed by atoms with E-state index in [1.807, 2.05) is 57.7 Å². The van der Waals surface area contributed by atoms with Crippen LogP contribution in [0.25, 0.3) is 0 Å². The Morgan fingerprint density at radius 2 is 1.57 bits per heavy atom. The van der Waals surface area contributed by atoms with Crippen LogP contribution in [0, 0.1) is 13.8 Å². The molecule has 0 aromatic heterocycles. The maximum absolute atomic E-state index is 13.0. The van der Waals surface area contributed by atoms with Gasteiger partial charge in [-0.2, -0.15) is 0 Å². The third-order valence-electron chi connectivity index (χ3n) is 4.99. The summed E-state index contributed by atoms with van der Waals surface area (Å²) < 4.78 is 5.41. The molecule has 1 aromatic carbocycles. The van der Waals surface area contributed by atoms with E-state index >= 15 is 0 Å². The number of carbonyl (C=O) groups is 3. The first kappa shape index (κ1) is 20.3. The van der Waals surface area contributed by atoms with E-state index in [2.05, 4.69) is 0 Å². The summed E-state index contributed by atoms with van der Waals surface area (Å²) in [5.41, 5.74) is 2.14. The zero-order valence-corrected chi connectivity index (χ0v) is 17.3. The highest BCUT2D eigenvalue weighted by Crippen LogP contribution is 2.28. The molecule has 2 fully saturated rings. The number of piperazine rings is 1.